The zero-order valence-corrected chi connectivity index (χ0v) is 17.2. The molecule has 1 aliphatic rings. The number of rotatable bonds is 6. The van der Waals surface area contributed by atoms with E-state index in [-0.39, 0.29) is 39.5 Å². The zero-order chi connectivity index (χ0) is 21.2. The first-order chi connectivity index (χ1) is 13.7. The van der Waals surface area contributed by atoms with Crippen LogP contribution in [0.1, 0.15) is 33.6 Å². The van der Waals surface area contributed by atoms with Crippen LogP contribution in [0.25, 0.3) is 0 Å². The number of carbonyl (C=O) groups is 2. The predicted octanol–water partition coefficient (Wildman–Crippen LogP) is 2.04. The van der Waals surface area contributed by atoms with Crippen molar-refractivity contribution in [2.45, 2.75) is 23.2 Å². The van der Waals surface area contributed by atoms with E-state index in [2.05, 4.69) is 5.32 Å². The van der Waals surface area contributed by atoms with Crippen molar-refractivity contribution in [2.24, 2.45) is 5.73 Å². The molecule has 1 fully saturated rings. The van der Waals surface area contributed by atoms with E-state index in [1.165, 1.54) is 22.5 Å². The van der Waals surface area contributed by atoms with Gasteiger partial charge in [0.05, 0.1) is 17.2 Å². The third kappa shape index (κ3) is 4.47. The van der Waals surface area contributed by atoms with Crippen LogP contribution in [0.4, 0.5) is 9.39 Å². The van der Waals surface area contributed by atoms with E-state index in [0.29, 0.717) is 24.2 Å². The highest BCUT2D eigenvalue weighted by atomic mass is 32.2. The molecular weight excluding hydrogens is 421 g/mol. The highest BCUT2D eigenvalue weighted by molar-refractivity contribution is 7.91. The van der Waals surface area contributed by atoms with Gasteiger partial charge in [-0.15, -0.1) is 11.3 Å². The summed E-state index contributed by atoms with van der Waals surface area (Å²) in [5.74, 6) is -2.45. The van der Waals surface area contributed by atoms with E-state index in [9.17, 15) is 22.4 Å². The Kier molecular flexibility index (Phi) is 6.32. The number of halogens is 1. The summed E-state index contributed by atoms with van der Waals surface area (Å²) in [6.45, 7) is 0.559. The number of thiophene rings is 1. The van der Waals surface area contributed by atoms with Crippen molar-refractivity contribution < 1.29 is 27.1 Å². The molecule has 0 saturated carbocycles. The first kappa shape index (κ1) is 21.4. The summed E-state index contributed by atoms with van der Waals surface area (Å²) in [7, 11) is -2.29. The summed E-state index contributed by atoms with van der Waals surface area (Å²) in [5.41, 5.74) is 4.97. The Balaban J connectivity index is 1.88. The lowest BCUT2D eigenvalue weighted by Crippen LogP contribution is -2.40. The second kappa shape index (κ2) is 8.57. The van der Waals surface area contributed by atoms with Crippen LogP contribution in [-0.4, -0.2) is 50.8 Å². The summed E-state index contributed by atoms with van der Waals surface area (Å²) in [5, 5.41) is 2.35. The Labute approximate surface area is 171 Å². The maximum absolute atomic E-state index is 13.8. The number of anilines is 1. The van der Waals surface area contributed by atoms with Crippen LogP contribution < -0.4 is 11.1 Å². The predicted molar refractivity (Wildman–Crippen MR) is 106 cm³/mol. The van der Waals surface area contributed by atoms with Gasteiger partial charge in [0, 0.05) is 20.2 Å². The van der Waals surface area contributed by atoms with Gasteiger partial charge in [-0.25, -0.2) is 12.8 Å². The van der Waals surface area contributed by atoms with Crippen molar-refractivity contribution in [1.82, 2.24) is 4.31 Å². The van der Waals surface area contributed by atoms with Crippen molar-refractivity contribution >= 4 is 38.2 Å². The van der Waals surface area contributed by atoms with Gasteiger partial charge >= 0.3 is 0 Å². The molecule has 8 nitrogen and oxygen atoms in total. The molecule has 3 N–H and O–H groups in total. The lowest BCUT2D eigenvalue weighted by molar-refractivity contribution is 0.0605. The van der Waals surface area contributed by atoms with Crippen molar-refractivity contribution in [1.29, 1.82) is 0 Å². The van der Waals surface area contributed by atoms with Gasteiger partial charge in [-0.2, -0.15) is 4.31 Å². The number of carbonyl (C=O) groups excluding carboxylic acids is 2. The van der Waals surface area contributed by atoms with Crippen molar-refractivity contribution in [3.8, 4) is 0 Å². The van der Waals surface area contributed by atoms with Crippen molar-refractivity contribution in [2.75, 3.05) is 25.5 Å². The SMILES string of the molecule is COC1CCN(S(=O)(=O)c2cc(C(N)=O)c(NC(=O)c3ccccc3F)s2)CC1. The molecule has 0 spiro atoms. The molecule has 156 valence electrons. The smallest absolute Gasteiger partial charge is 0.259 e. The number of nitrogens with two attached hydrogens (primary N) is 1. The summed E-state index contributed by atoms with van der Waals surface area (Å²) in [4.78, 5) is 24.2. The monoisotopic (exact) mass is 441 g/mol. The number of ether oxygens (including phenoxy) is 1. The minimum atomic E-state index is -3.87. The van der Waals surface area contributed by atoms with Crippen LogP contribution in [0.2, 0.25) is 0 Å². The minimum absolute atomic E-state index is 0.00147. The van der Waals surface area contributed by atoms with Gasteiger partial charge in [0.1, 0.15) is 15.0 Å². The van der Waals surface area contributed by atoms with Crippen LogP contribution in [-0.2, 0) is 14.8 Å². The van der Waals surface area contributed by atoms with E-state index >= 15 is 0 Å². The number of piperidine rings is 1. The zero-order valence-electron chi connectivity index (χ0n) is 15.6. The van der Waals surface area contributed by atoms with Gasteiger partial charge in [0.15, 0.2) is 0 Å². The second-order valence-electron chi connectivity index (χ2n) is 6.45. The summed E-state index contributed by atoms with van der Waals surface area (Å²) in [6.07, 6.45) is 1.11. The number of amides is 2. The van der Waals surface area contributed by atoms with E-state index in [1.807, 2.05) is 0 Å². The third-order valence-electron chi connectivity index (χ3n) is 4.65. The molecule has 29 heavy (non-hydrogen) atoms. The standard InChI is InChI=1S/C18H20FN3O5S2/c1-27-11-6-8-22(9-7-11)29(25,26)15-10-13(16(20)23)18(28-15)21-17(24)12-4-2-3-5-14(12)19/h2-5,10-11H,6-9H2,1H3,(H2,20,23)(H,21,24). The fourth-order valence-electron chi connectivity index (χ4n) is 3.02. The molecular formula is C18H20FN3O5S2. The Morgan fingerprint density at radius 1 is 1.24 bits per heavy atom. The van der Waals surface area contributed by atoms with Crippen molar-refractivity contribution in [3.05, 3.63) is 47.3 Å². The average Bonchev–Trinajstić information content (AvgIpc) is 3.13. The van der Waals surface area contributed by atoms with E-state index in [0.717, 1.165) is 12.1 Å². The Hall–Kier alpha value is -2.34. The average molecular weight is 442 g/mol. The molecule has 11 heteroatoms. The van der Waals surface area contributed by atoms with Gasteiger partial charge < -0.3 is 15.8 Å². The Morgan fingerprint density at radius 3 is 2.48 bits per heavy atom. The normalized spacial score (nSPS) is 15.9. The maximum atomic E-state index is 13.8. The lowest BCUT2D eigenvalue weighted by atomic mass is 10.1. The topological polar surface area (TPSA) is 119 Å². The lowest BCUT2D eigenvalue weighted by Gasteiger charge is -2.29. The summed E-state index contributed by atoms with van der Waals surface area (Å²) in [6, 6.07) is 6.46. The van der Waals surface area contributed by atoms with Gasteiger partial charge in [-0.1, -0.05) is 12.1 Å². The molecule has 0 radical (unpaired) electrons. The van der Waals surface area contributed by atoms with Gasteiger partial charge in [0.2, 0.25) is 0 Å². The van der Waals surface area contributed by atoms with E-state index < -0.39 is 27.7 Å². The van der Waals surface area contributed by atoms with Gasteiger partial charge in [-0.05, 0) is 31.0 Å². The molecule has 1 aromatic carbocycles. The highest BCUT2D eigenvalue weighted by Gasteiger charge is 2.32. The fraction of sp³-hybridized carbons (Fsp3) is 0.333. The number of benzene rings is 1. The summed E-state index contributed by atoms with van der Waals surface area (Å²) >= 11 is 0.708. The molecule has 1 saturated heterocycles. The van der Waals surface area contributed by atoms with Crippen LogP contribution in [0.15, 0.2) is 34.5 Å². The minimum Gasteiger partial charge on any atom is -0.381 e. The van der Waals surface area contributed by atoms with E-state index in [4.69, 9.17) is 10.5 Å². The first-order valence-electron chi connectivity index (χ1n) is 8.76. The van der Waals surface area contributed by atoms with Crippen molar-refractivity contribution in [3.63, 3.8) is 0 Å². The number of primary amides is 1. The molecule has 0 unspecified atom stereocenters. The fourth-order valence-corrected chi connectivity index (χ4v) is 6.01. The second-order valence-corrected chi connectivity index (χ2v) is 9.66. The Bertz CT molecular complexity index is 1030. The number of nitrogens with one attached hydrogen (secondary N) is 1. The number of hydrogen-bond acceptors (Lipinski definition) is 6. The third-order valence-corrected chi connectivity index (χ3v) is 8.05. The molecule has 1 aliphatic heterocycles. The number of sulfonamides is 1. The molecule has 2 amide bonds. The molecule has 2 aromatic rings. The van der Waals surface area contributed by atoms with Crippen LogP contribution in [0.5, 0.6) is 0 Å². The number of methoxy groups -OCH3 is 1. The van der Waals surface area contributed by atoms with Crippen LogP contribution in [0, 0.1) is 5.82 Å². The quantitative estimate of drug-likeness (QED) is 0.711. The van der Waals surface area contributed by atoms with Crippen LogP contribution in [0.3, 0.4) is 0 Å². The van der Waals surface area contributed by atoms with E-state index in [1.54, 1.807) is 7.11 Å². The first-order valence-corrected chi connectivity index (χ1v) is 11.0. The highest BCUT2D eigenvalue weighted by Crippen LogP contribution is 2.34. The summed E-state index contributed by atoms with van der Waals surface area (Å²) < 4.78 is 46.2. The molecule has 0 atom stereocenters. The molecule has 3 rings (SSSR count). The number of nitrogens with zero attached hydrogens (tertiary/aromatic N) is 1. The maximum Gasteiger partial charge on any atom is 0.259 e. The molecule has 0 aliphatic carbocycles. The Morgan fingerprint density at radius 2 is 1.90 bits per heavy atom. The van der Waals surface area contributed by atoms with Crippen LogP contribution >= 0.6 is 11.3 Å². The molecule has 0 bridgehead atoms. The number of hydrogen-bond donors (Lipinski definition) is 2. The van der Waals surface area contributed by atoms with Gasteiger partial charge in [0.25, 0.3) is 21.8 Å². The largest absolute Gasteiger partial charge is 0.381 e. The molecule has 2 heterocycles. The molecule has 1 aromatic heterocycles. The van der Waals surface area contributed by atoms with Gasteiger partial charge in [-0.3, -0.25) is 9.59 Å².